The zero-order chi connectivity index (χ0) is 31.4. The molecule has 1 aliphatic rings. The van der Waals surface area contributed by atoms with Gasteiger partial charge in [-0.25, -0.2) is 32.4 Å². The molecule has 0 spiro atoms. The Kier molecular flexibility index (Phi) is 13.5. The van der Waals surface area contributed by atoms with E-state index in [1.54, 1.807) is 0 Å². The van der Waals surface area contributed by atoms with Crippen LogP contribution in [-0.4, -0.2) is 117 Å². The molecule has 21 heteroatoms. The van der Waals surface area contributed by atoms with E-state index in [-0.39, 0.29) is 26.4 Å². The van der Waals surface area contributed by atoms with Crippen LogP contribution in [0.5, 0.6) is 0 Å². The zero-order valence-corrected chi connectivity index (χ0v) is 23.7. The van der Waals surface area contributed by atoms with Crippen molar-refractivity contribution in [2.45, 2.75) is 30.5 Å². The Morgan fingerprint density at radius 3 is 2.05 bits per heavy atom. The summed E-state index contributed by atoms with van der Waals surface area (Å²) in [6, 6.07) is 0.912. The van der Waals surface area contributed by atoms with Gasteiger partial charge in [-0.1, -0.05) is 0 Å². The third-order valence-corrected chi connectivity index (χ3v) is 6.77. The highest BCUT2D eigenvalue weighted by Crippen LogP contribution is 2.52. The summed E-state index contributed by atoms with van der Waals surface area (Å²) in [5.74, 6) is 0. The van der Waals surface area contributed by atoms with Gasteiger partial charge in [-0.3, -0.25) is 18.9 Å². The number of aromatic amines is 1. The first-order valence-electron chi connectivity index (χ1n) is 11.9. The number of H-pyrrole nitrogens is 1. The minimum absolute atomic E-state index is 0.0437. The second-order valence-electron chi connectivity index (χ2n) is 8.50. The largest absolute Gasteiger partial charge is 0.510 e. The van der Waals surface area contributed by atoms with Crippen molar-refractivity contribution in [3.63, 3.8) is 0 Å². The van der Waals surface area contributed by atoms with Crippen LogP contribution in [0.15, 0.2) is 21.9 Å². The molecule has 240 valence electrons. The molecule has 0 amide bonds. The molecule has 0 radical (unpaired) electrons. The highest BCUT2D eigenvalue weighted by Gasteiger charge is 2.63. The molecule has 0 unspecified atom stereocenters. The van der Waals surface area contributed by atoms with Gasteiger partial charge in [-0.15, -0.1) is 0 Å². The normalized spacial score (nSPS) is 23.9. The molecule has 0 aliphatic carbocycles. The number of carbonyl (C=O) groups is 2. The van der Waals surface area contributed by atoms with E-state index in [0.29, 0.717) is 4.57 Å². The monoisotopic (exact) mass is 634 g/mol. The van der Waals surface area contributed by atoms with Crippen LogP contribution in [0.2, 0.25) is 0 Å². The van der Waals surface area contributed by atoms with Crippen LogP contribution in [0.3, 0.4) is 0 Å². The van der Waals surface area contributed by atoms with Crippen molar-refractivity contribution in [2.24, 2.45) is 0 Å². The first-order chi connectivity index (χ1) is 19.8. The molecule has 2 heterocycles. The SMILES string of the molecule is COCCOC(=O)OCOP(=O)(OCOC(=O)OCCOC)OC[C@@]1(CF)O[C@@H](n2ccc(=O)[nH]c2=O)[C@](C)(O)[C@@H]1O. The fourth-order valence-corrected chi connectivity index (χ4v) is 4.32. The van der Waals surface area contributed by atoms with Crippen molar-refractivity contribution in [3.05, 3.63) is 33.1 Å². The molecule has 1 saturated heterocycles. The topological polar surface area (TPSA) is 239 Å². The molecular formula is C21H32FN2O17P. The van der Waals surface area contributed by atoms with Crippen LogP contribution in [0, 0.1) is 0 Å². The van der Waals surface area contributed by atoms with Crippen molar-refractivity contribution < 1.29 is 75.5 Å². The molecule has 2 rings (SSSR count). The molecule has 0 bridgehead atoms. The lowest BCUT2D eigenvalue weighted by atomic mass is 9.88. The van der Waals surface area contributed by atoms with Crippen molar-refractivity contribution in [1.29, 1.82) is 0 Å². The smallest absolute Gasteiger partial charge is 0.432 e. The van der Waals surface area contributed by atoms with Crippen molar-refractivity contribution in [2.75, 3.05) is 67.5 Å². The molecule has 1 fully saturated rings. The van der Waals surface area contributed by atoms with E-state index in [0.717, 1.165) is 19.2 Å². The Morgan fingerprint density at radius 2 is 1.57 bits per heavy atom. The van der Waals surface area contributed by atoms with Gasteiger partial charge in [0.15, 0.2) is 11.8 Å². The van der Waals surface area contributed by atoms with Crippen LogP contribution < -0.4 is 11.2 Å². The van der Waals surface area contributed by atoms with Crippen molar-refractivity contribution in [1.82, 2.24) is 9.55 Å². The number of nitrogens with zero attached hydrogens (tertiary/aromatic N) is 1. The molecule has 4 atom stereocenters. The molecule has 0 aromatic carbocycles. The van der Waals surface area contributed by atoms with Gasteiger partial charge in [0, 0.05) is 26.5 Å². The third kappa shape index (κ3) is 9.54. The molecule has 1 aromatic rings. The van der Waals surface area contributed by atoms with Gasteiger partial charge < -0.3 is 43.4 Å². The third-order valence-electron chi connectivity index (χ3n) is 5.49. The van der Waals surface area contributed by atoms with E-state index >= 15 is 0 Å². The fraction of sp³-hybridized carbons (Fsp3) is 0.714. The summed E-state index contributed by atoms with van der Waals surface area (Å²) in [6.07, 6.45) is -5.50. The lowest BCUT2D eigenvalue weighted by Crippen LogP contribution is -2.53. The van der Waals surface area contributed by atoms with Crippen molar-refractivity contribution in [3.8, 4) is 0 Å². The standard InChI is InChI=1S/C21H32FN2O17P/c1-20(30)15(26)21(10-22,41-16(20)24-5-4-14(25)23-17(24)27)11-38-42(31,39-12-36-18(28)34-8-6-32-2)40-13-37-19(29)35-9-7-33-3/h4-5,15-16,26,30H,6-13H2,1-3H3,(H,23,25,27)/t15-,16+,20+,21+/m0/s1. The predicted octanol–water partition coefficient (Wildman–Crippen LogP) is -0.442. The van der Waals surface area contributed by atoms with E-state index in [1.165, 1.54) is 14.2 Å². The zero-order valence-electron chi connectivity index (χ0n) is 22.8. The summed E-state index contributed by atoms with van der Waals surface area (Å²) in [6.45, 7) is -4.24. The average molecular weight is 634 g/mol. The number of phosphoric ester groups is 1. The molecule has 19 nitrogen and oxygen atoms in total. The summed E-state index contributed by atoms with van der Waals surface area (Å²) in [5, 5.41) is 21.7. The van der Waals surface area contributed by atoms with Gasteiger partial charge in [-0.05, 0) is 6.92 Å². The minimum Gasteiger partial charge on any atom is -0.432 e. The van der Waals surface area contributed by atoms with E-state index in [2.05, 4.69) is 18.9 Å². The molecular weight excluding hydrogens is 602 g/mol. The van der Waals surface area contributed by atoms with Gasteiger partial charge in [0.05, 0.1) is 19.8 Å². The number of rotatable bonds is 17. The maximum absolute atomic E-state index is 14.4. The number of hydrogen-bond acceptors (Lipinski definition) is 17. The number of phosphoric acid groups is 1. The van der Waals surface area contributed by atoms with Gasteiger partial charge in [-0.2, -0.15) is 0 Å². The summed E-state index contributed by atoms with van der Waals surface area (Å²) in [7, 11) is -2.24. The highest BCUT2D eigenvalue weighted by atomic mass is 31.2. The Morgan fingerprint density at radius 1 is 1.02 bits per heavy atom. The van der Waals surface area contributed by atoms with Crippen molar-refractivity contribution >= 4 is 20.1 Å². The number of aliphatic hydroxyl groups excluding tert-OH is 1. The summed E-state index contributed by atoms with van der Waals surface area (Å²) in [4.78, 5) is 48.8. The molecule has 1 aliphatic heterocycles. The lowest BCUT2D eigenvalue weighted by Gasteiger charge is -2.31. The highest BCUT2D eigenvalue weighted by molar-refractivity contribution is 7.48. The number of halogens is 1. The Balaban J connectivity index is 2.17. The molecule has 42 heavy (non-hydrogen) atoms. The first kappa shape index (κ1) is 35.3. The van der Waals surface area contributed by atoms with Crippen LogP contribution in [0.4, 0.5) is 14.0 Å². The second-order valence-corrected chi connectivity index (χ2v) is 10.2. The fourth-order valence-electron chi connectivity index (χ4n) is 3.36. The van der Waals surface area contributed by atoms with Gasteiger partial charge in [0.25, 0.3) is 5.56 Å². The number of nitrogens with one attached hydrogen (secondary N) is 1. The Hall–Kier alpha value is -2.94. The lowest BCUT2D eigenvalue weighted by molar-refractivity contribution is -0.141. The van der Waals surface area contributed by atoms with E-state index in [1.807, 2.05) is 4.98 Å². The minimum atomic E-state index is -4.95. The van der Waals surface area contributed by atoms with E-state index in [9.17, 15) is 38.3 Å². The molecule has 3 N–H and O–H groups in total. The van der Waals surface area contributed by atoms with Crippen LogP contribution in [0.25, 0.3) is 0 Å². The number of ether oxygens (including phenoxy) is 7. The maximum Gasteiger partial charge on any atom is 0.510 e. The van der Waals surface area contributed by atoms with E-state index < -0.39 is 81.8 Å². The number of aromatic nitrogens is 2. The summed E-state index contributed by atoms with van der Waals surface area (Å²) < 4.78 is 76.4. The number of aliphatic hydroxyl groups is 2. The predicted molar refractivity (Wildman–Crippen MR) is 131 cm³/mol. The molecule has 0 saturated carbocycles. The Bertz CT molecular complexity index is 1160. The number of hydrogen-bond donors (Lipinski definition) is 3. The number of carbonyl (C=O) groups excluding carboxylic acids is 2. The van der Waals surface area contributed by atoms with Crippen LogP contribution in [0.1, 0.15) is 13.2 Å². The number of methoxy groups -OCH3 is 2. The average Bonchev–Trinajstić information content (AvgIpc) is 3.13. The Labute approximate surface area is 236 Å². The van der Waals surface area contributed by atoms with Gasteiger partial charge >= 0.3 is 25.8 Å². The number of alkyl halides is 1. The van der Waals surface area contributed by atoms with Gasteiger partial charge in [0.1, 0.15) is 31.6 Å². The summed E-state index contributed by atoms with van der Waals surface area (Å²) >= 11 is 0. The first-order valence-corrected chi connectivity index (χ1v) is 13.4. The molecule has 1 aromatic heterocycles. The second kappa shape index (κ2) is 16.1. The quantitative estimate of drug-likeness (QED) is 0.0851. The van der Waals surface area contributed by atoms with Crippen LogP contribution in [-0.2, 0) is 51.3 Å². The maximum atomic E-state index is 14.4. The van der Waals surface area contributed by atoms with Crippen LogP contribution >= 0.6 is 7.82 Å². The van der Waals surface area contributed by atoms with E-state index in [4.69, 9.17) is 27.8 Å². The van der Waals surface area contributed by atoms with Gasteiger partial charge in [0.2, 0.25) is 13.6 Å². The summed E-state index contributed by atoms with van der Waals surface area (Å²) in [5.41, 5.74) is -6.70.